The average Bonchev–Trinajstić information content (AvgIpc) is 2.85. The van der Waals surface area contributed by atoms with Gasteiger partial charge >= 0.3 is 5.97 Å². The Labute approximate surface area is 157 Å². The average molecular weight is 390 g/mol. The lowest BCUT2D eigenvalue weighted by Crippen LogP contribution is -2.27. The van der Waals surface area contributed by atoms with E-state index in [-0.39, 0.29) is 29.3 Å². The van der Waals surface area contributed by atoms with Gasteiger partial charge in [0.15, 0.2) is 3.95 Å². The first-order valence-electron chi connectivity index (χ1n) is 7.69. The first kappa shape index (κ1) is 18.0. The normalized spacial score (nSPS) is 15.0. The number of para-hydroxylation sites is 1. The molecule has 3 rings (SSSR count). The Morgan fingerprint density at radius 1 is 1.31 bits per heavy atom. The molecule has 0 spiro atoms. The van der Waals surface area contributed by atoms with Gasteiger partial charge in [0.2, 0.25) is 11.7 Å². The highest BCUT2D eigenvalue weighted by atomic mass is 32.1. The largest absolute Gasteiger partial charge is 0.493 e. The molecule has 1 aromatic heterocycles. The number of ketones is 1. The highest BCUT2D eigenvalue weighted by Gasteiger charge is 2.28. The number of benzene rings is 1. The predicted molar refractivity (Wildman–Crippen MR) is 99.1 cm³/mol. The number of nitrogens with one attached hydrogen (secondary N) is 1. The Bertz CT molecular complexity index is 1000. The lowest BCUT2D eigenvalue weighted by atomic mass is 9.96. The van der Waals surface area contributed by atoms with Crippen LogP contribution in [0, 0.1) is 3.95 Å². The highest BCUT2D eigenvalue weighted by Crippen LogP contribution is 2.32. The molecule has 0 bridgehead atoms. The standard InChI is InChI=1S/C17H14N2O5S2/c20-13(21)6-3-7-19-16(24)12(26-17(19)25)8-10-14(22)9-4-1-2-5-11(9)18-15(10)23/h1-2,4-5,8,24H,3,6-7H2,(H,18,23)(H,20,21)/b10-8-. The predicted octanol–water partition coefficient (Wildman–Crippen LogP) is 3.07. The lowest BCUT2D eigenvalue weighted by molar-refractivity contribution is -0.137. The van der Waals surface area contributed by atoms with Gasteiger partial charge in [-0.25, -0.2) is 0 Å². The van der Waals surface area contributed by atoms with E-state index < -0.39 is 17.7 Å². The summed E-state index contributed by atoms with van der Waals surface area (Å²) in [5, 5.41) is 21.7. The second kappa shape index (κ2) is 7.22. The Morgan fingerprint density at radius 3 is 2.77 bits per heavy atom. The monoisotopic (exact) mass is 390 g/mol. The summed E-state index contributed by atoms with van der Waals surface area (Å²) in [6.45, 7) is 0.236. The zero-order valence-corrected chi connectivity index (χ0v) is 15.0. The Morgan fingerprint density at radius 2 is 2.04 bits per heavy atom. The van der Waals surface area contributed by atoms with E-state index >= 15 is 0 Å². The van der Waals surface area contributed by atoms with Gasteiger partial charge in [-0.15, -0.1) is 11.3 Å². The van der Waals surface area contributed by atoms with Crippen molar-refractivity contribution in [2.75, 3.05) is 5.32 Å². The Kier molecular flexibility index (Phi) is 5.01. The van der Waals surface area contributed by atoms with Gasteiger partial charge in [-0.2, -0.15) is 0 Å². The van der Waals surface area contributed by atoms with Crippen LogP contribution in [0.15, 0.2) is 29.8 Å². The van der Waals surface area contributed by atoms with Gasteiger partial charge in [-0.3, -0.25) is 19.0 Å². The van der Waals surface area contributed by atoms with E-state index in [1.54, 1.807) is 24.3 Å². The van der Waals surface area contributed by atoms with E-state index in [2.05, 4.69) is 5.32 Å². The van der Waals surface area contributed by atoms with E-state index in [0.717, 1.165) is 11.3 Å². The number of hydrogen-bond donors (Lipinski definition) is 3. The number of carbonyl (C=O) groups excluding carboxylic acids is 2. The van der Waals surface area contributed by atoms with Gasteiger partial charge in [0.05, 0.1) is 16.1 Å². The molecule has 9 heteroatoms. The summed E-state index contributed by atoms with van der Waals surface area (Å²) in [4.78, 5) is 35.7. The fraction of sp³-hybridized carbons (Fsp3) is 0.176. The van der Waals surface area contributed by atoms with Crippen molar-refractivity contribution in [3.8, 4) is 5.88 Å². The molecule has 1 aromatic carbocycles. The Hall–Kier alpha value is -2.78. The van der Waals surface area contributed by atoms with Crippen molar-refractivity contribution in [1.29, 1.82) is 0 Å². The number of amides is 1. The molecule has 0 aliphatic carbocycles. The molecule has 0 saturated heterocycles. The number of aromatic hydroxyl groups is 1. The minimum atomic E-state index is -0.934. The molecule has 1 aliphatic rings. The first-order valence-corrected chi connectivity index (χ1v) is 8.92. The first-order chi connectivity index (χ1) is 12.4. The van der Waals surface area contributed by atoms with E-state index in [4.69, 9.17) is 17.3 Å². The van der Waals surface area contributed by atoms with Crippen LogP contribution >= 0.6 is 23.6 Å². The molecule has 26 heavy (non-hydrogen) atoms. The third-order valence-electron chi connectivity index (χ3n) is 3.85. The molecule has 2 heterocycles. The lowest BCUT2D eigenvalue weighted by Gasteiger charge is -2.17. The number of aliphatic carboxylic acids is 1. The molecule has 0 atom stereocenters. The number of rotatable bonds is 5. The number of nitrogens with zero attached hydrogens (tertiary/aromatic N) is 1. The van der Waals surface area contributed by atoms with Crippen molar-refractivity contribution in [2.45, 2.75) is 19.4 Å². The number of carbonyl (C=O) groups is 3. The summed E-state index contributed by atoms with van der Waals surface area (Å²) in [5.74, 6) is -2.10. The van der Waals surface area contributed by atoms with Crippen LogP contribution in [0.2, 0.25) is 0 Å². The molecule has 3 N–H and O–H groups in total. The smallest absolute Gasteiger partial charge is 0.303 e. The SMILES string of the molecule is O=C(O)CCCn1c(O)c(/C=C2\C(=O)Nc3ccccc3C2=O)sc1=S. The molecule has 0 radical (unpaired) electrons. The van der Waals surface area contributed by atoms with Crippen molar-refractivity contribution in [1.82, 2.24) is 4.57 Å². The van der Waals surface area contributed by atoms with E-state index in [9.17, 15) is 19.5 Å². The van der Waals surface area contributed by atoms with Crippen molar-refractivity contribution >= 4 is 53.0 Å². The molecule has 7 nitrogen and oxygen atoms in total. The molecule has 0 fully saturated rings. The van der Waals surface area contributed by atoms with Crippen molar-refractivity contribution in [2.24, 2.45) is 0 Å². The molecule has 0 unspecified atom stereocenters. The maximum Gasteiger partial charge on any atom is 0.303 e. The summed E-state index contributed by atoms with van der Waals surface area (Å²) in [6.07, 6.45) is 1.57. The van der Waals surface area contributed by atoms with Gasteiger partial charge in [-0.05, 0) is 36.8 Å². The van der Waals surface area contributed by atoms with Gasteiger partial charge in [0, 0.05) is 18.5 Å². The van der Waals surface area contributed by atoms with Gasteiger partial charge in [0.1, 0.15) is 0 Å². The maximum absolute atomic E-state index is 12.6. The number of carboxylic acid groups (broad SMARTS) is 1. The number of hydrogen-bond acceptors (Lipinski definition) is 6. The van der Waals surface area contributed by atoms with Crippen LogP contribution in [0.25, 0.3) is 6.08 Å². The van der Waals surface area contributed by atoms with E-state index in [0.29, 0.717) is 21.6 Å². The second-order valence-corrected chi connectivity index (χ2v) is 7.27. The molecule has 134 valence electrons. The fourth-order valence-electron chi connectivity index (χ4n) is 2.58. The zero-order valence-electron chi connectivity index (χ0n) is 13.4. The molecular formula is C17H14N2O5S2. The fourth-order valence-corrected chi connectivity index (χ4v) is 3.89. The number of Topliss-reactive ketones (excluding diaryl/α,β-unsaturated/α-hetero) is 1. The van der Waals surface area contributed by atoms with Gasteiger partial charge < -0.3 is 15.5 Å². The van der Waals surface area contributed by atoms with Crippen molar-refractivity contribution in [3.63, 3.8) is 0 Å². The van der Waals surface area contributed by atoms with Crippen molar-refractivity contribution in [3.05, 3.63) is 44.2 Å². The van der Waals surface area contributed by atoms with Gasteiger partial charge in [-0.1, -0.05) is 12.1 Å². The summed E-state index contributed by atoms with van der Waals surface area (Å²) < 4.78 is 1.73. The highest BCUT2D eigenvalue weighted by molar-refractivity contribution is 7.73. The number of aromatic nitrogens is 1. The van der Waals surface area contributed by atoms with Crippen LogP contribution in [-0.4, -0.2) is 32.4 Å². The number of fused-ring (bicyclic) bond motifs is 1. The van der Waals surface area contributed by atoms with E-state index in [1.165, 1.54) is 10.6 Å². The minimum absolute atomic E-state index is 0.0504. The number of thiazole rings is 1. The van der Waals surface area contributed by atoms with Crippen molar-refractivity contribution < 1.29 is 24.6 Å². The third-order valence-corrected chi connectivity index (χ3v) is 5.24. The second-order valence-electron chi connectivity index (χ2n) is 5.59. The summed E-state index contributed by atoms with van der Waals surface area (Å²) in [5.41, 5.74) is 0.734. The topological polar surface area (TPSA) is 109 Å². The minimum Gasteiger partial charge on any atom is -0.493 e. The molecule has 1 amide bonds. The number of anilines is 1. The molecule has 2 aromatic rings. The van der Waals surface area contributed by atoms with Crippen LogP contribution in [0.4, 0.5) is 5.69 Å². The van der Waals surface area contributed by atoms with Crippen LogP contribution in [0.5, 0.6) is 5.88 Å². The van der Waals surface area contributed by atoms with Gasteiger partial charge in [0.25, 0.3) is 5.91 Å². The van der Waals surface area contributed by atoms with Crippen LogP contribution in [0.1, 0.15) is 28.1 Å². The van der Waals surface area contributed by atoms with Crippen LogP contribution in [0.3, 0.4) is 0 Å². The van der Waals surface area contributed by atoms with Crippen LogP contribution in [-0.2, 0) is 16.1 Å². The number of carboxylic acids is 1. The molecular weight excluding hydrogens is 376 g/mol. The third kappa shape index (κ3) is 3.44. The zero-order chi connectivity index (χ0) is 18.8. The molecule has 0 saturated carbocycles. The molecule has 1 aliphatic heterocycles. The Balaban J connectivity index is 1.93. The summed E-state index contributed by atoms with van der Waals surface area (Å²) in [6, 6.07) is 6.67. The summed E-state index contributed by atoms with van der Waals surface area (Å²) >= 11 is 6.24. The van der Waals surface area contributed by atoms with E-state index in [1.807, 2.05) is 0 Å². The summed E-state index contributed by atoms with van der Waals surface area (Å²) in [7, 11) is 0. The quantitative estimate of drug-likeness (QED) is 0.411. The van der Waals surface area contributed by atoms with Crippen LogP contribution < -0.4 is 5.32 Å². The maximum atomic E-state index is 12.6.